The number of benzene rings is 2. The van der Waals surface area contributed by atoms with Gasteiger partial charge in [-0.25, -0.2) is 13.2 Å². The molecule has 10 heteroatoms. The van der Waals surface area contributed by atoms with Crippen LogP contribution in [-0.4, -0.2) is 33.4 Å². The minimum atomic E-state index is -0.851. The first kappa shape index (κ1) is 20.6. The van der Waals surface area contributed by atoms with E-state index < -0.39 is 23.1 Å². The number of hydrogen-bond acceptors (Lipinski definition) is 5. The maximum absolute atomic E-state index is 13.7. The summed E-state index contributed by atoms with van der Waals surface area (Å²) in [5.74, 6) is -2.74. The molecule has 31 heavy (non-hydrogen) atoms. The Balaban J connectivity index is 1.35. The Morgan fingerprint density at radius 2 is 1.87 bits per heavy atom. The molecule has 160 valence electrons. The van der Waals surface area contributed by atoms with E-state index >= 15 is 0 Å². The van der Waals surface area contributed by atoms with Crippen molar-refractivity contribution in [2.45, 2.75) is 25.4 Å². The van der Waals surface area contributed by atoms with Crippen LogP contribution in [0, 0.1) is 17.5 Å². The Hall–Kier alpha value is -3.69. The van der Waals surface area contributed by atoms with Crippen LogP contribution in [0.1, 0.15) is 40.0 Å². The maximum atomic E-state index is 13.7. The zero-order valence-electron chi connectivity index (χ0n) is 16.1. The van der Waals surface area contributed by atoms with E-state index in [4.69, 9.17) is 4.52 Å². The molecule has 2 heterocycles. The van der Waals surface area contributed by atoms with Crippen molar-refractivity contribution in [1.29, 1.82) is 0 Å². The summed E-state index contributed by atoms with van der Waals surface area (Å²) in [6.45, 7) is 0.535. The van der Waals surface area contributed by atoms with Crippen LogP contribution in [-0.2, 0) is 17.9 Å². The predicted molar refractivity (Wildman–Crippen MR) is 101 cm³/mol. The minimum Gasteiger partial charge on any atom is -0.343 e. The lowest BCUT2D eigenvalue weighted by molar-refractivity contribution is -0.128. The molecule has 1 saturated heterocycles. The van der Waals surface area contributed by atoms with E-state index in [0.29, 0.717) is 18.9 Å². The van der Waals surface area contributed by atoms with Gasteiger partial charge in [-0.2, -0.15) is 4.98 Å². The van der Waals surface area contributed by atoms with Crippen LogP contribution in [0.5, 0.6) is 0 Å². The molecule has 0 spiro atoms. The van der Waals surface area contributed by atoms with Gasteiger partial charge in [-0.15, -0.1) is 0 Å². The van der Waals surface area contributed by atoms with E-state index in [9.17, 15) is 22.8 Å². The van der Waals surface area contributed by atoms with Crippen LogP contribution in [0.4, 0.5) is 13.2 Å². The number of nitrogens with one attached hydrogen (secondary N) is 1. The van der Waals surface area contributed by atoms with Crippen LogP contribution in [0.2, 0.25) is 0 Å². The normalized spacial score (nSPS) is 16.0. The SMILES string of the molecule is O=C(NCc1nc(C2CC(=O)N(Cc3ccc(F)cc3)C2)no1)c1cc(F)ccc1F. The third-order valence-electron chi connectivity index (χ3n) is 4.92. The van der Waals surface area contributed by atoms with Gasteiger partial charge < -0.3 is 14.7 Å². The van der Waals surface area contributed by atoms with Gasteiger partial charge in [0, 0.05) is 25.4 Å². The molecule has 0 saturated carbocycles. The number of carbonyl (C=O) groups excluding carboxylic acids is 2. The molecule has 3 aromatic rings. The Bertz CT molecular complexity index is 1120. The van der Waals surface area contributed by atoms with Gasteiger partial charge in [-0.05, 0) is 35.9 Å². The highest BCUT2D eigenvalue weighted by atomic mass is 19.1. The van der Waals surface area contributed by atoms with Crippen molar-refractivity contribution >= 4 is 11.8 Å². The fraction of sp³-hybridized carbons (Fsp3) is 0.238. The van der Waals surface area contributed by atoms with E-state index in [1.807, 2.05) is 0 Å². The zero-order valence-corrected chi connectivity index (χ0v) is 16.1. The molecule has 1 aromatic heterocycles. The summed E-state index contributed by atoms with van der Waals surface area (Å²) in [5.41, 5.74) is 0.369. The minimum absolute atomic E-state index is 0.0737. The molecule has 1 atom stereocenters. The van der Waals surface area contributed by atoms with Crippen molar-refractivity contribution < 1.29 is 27.3 Å². The number of nitrogens with zero attached hydrogens (tertiary/aromatic N) is 3. The summed E-state index contributed by atoms with van der Waals surface area (Å²) >= 11 is 0. The first-order valence-electron chi connectivity index (χ1n) is 9.47. The van der Waals surface area contributed by atoms with E-state index in [1.165, 1.54) is 12.1 Å². The number of carbonyl (C=O) groups is 2. The molecular formula is C21H17F3N4O3. The van der Waals surface area contributed by atoms with Crippen LogP contribution in [0.25, 0.3) is 0 Å². The first-order valence-corrected chi connectivity index (χ1v) is 9.47. The third-order valence-corrected chi connectivity index (χ3v) is 4.92. The van der Waals surface area contributed by atoms with Crippen molar-refractivity contribution in [3.63, 3.8) is 0 Å². The van der Waals surface area contributed by atoms with Gasteiger partial charge in [0.15, 0.2) is 5.82 Å². The molecular weight excluding hydrogens is 413 g/mol. The monoisotopic (exact) mass is 430 g/mol. The summed E-state index contributed by atoms with van der Waals surface area (Å²) in [7, 11) is 0. The van der Waals surface area contributed by atoms with E-state index in [2.05, 4.69) is 15.5 Å². The highest BCUT2D eigenvalue weighted by Crippen LogP contribution is 2.27. The van der Waals surface area contributed by atoms with Crippen LogP contribution in [0.15, 0.2) is 47.0 Å². The second kappa shape index (κ2) is 8.58. The lowest BCUT2D eigenvalue weighted by atomic mass is 10.1. The maximum Gasteiger partial charge on any atom is 0.254 e. The Morgan fingerprint density at radius 3 is 2.65 bits per heavy atom. The topological polar surface area (TPSA) is 88.3 Å². The van der Waals surface area contributed by atoms with Crippen molar-refractivity contribution in [2.24, 2.45) is 0 Å². The van der Waals surface area contributed by atoms with E-state index in [0.717, 1.165) is 23.8 Å². The summed E-state index contributed by atoms with van der Waals surface area (Å²) in [6, 6.07) is 8.48. The van der Waals surface area contributed by atoms with Crippen molar-refractivity contribution in [3.05, 3.63) is 82.8 Å². The fourth-order valence-electron chi connectivity index (χ4n) is 3.34. The Morgan fingerprint density at radius 1 is 1.13 bits per heavy atom. The first-order chi connectivity index (χ1) is 14.9. The molecule has 1 aliphatic rings. The van der Waals surface area contributed by atoms with E-state index in [-0.39, 0.29) is 36.5 Å². The number of likely N-dealkylation sites (tertiary alicyclic amines) is 1. The van der Waals surface area contributed by atoms with Gasteiger partial charge in [-0.1, -0.05) is 17.3 Å². The largest absolute Gasteiger partial charge is 0.343 e. The molecule has 1 fully saturated rings. The summed E-state index contributed by atoms with van der Waals surface area (Å²) < 4.78 is 45.0. The number of rotatable bonds is 6. The highest BCUT2D eigenvalue weighted by molar-refractivity contribution is 5.94. The molecule has 2 amide bonds. The van der Waals surface area contributed by atoms with Crippen molar-refractivity contribution in [1.82, 2.24) is 20.4 Å². The molecule has 7 nitrogen and oxygen atoms in total. The van der Waals surface area contributed by atoms with Gasteiger partial charge in [0.05, 0.1) is 12.1 Å². The molecule has 4 rings (SSSR count). The Labute approximate surface area is 174 Å². The number of amides is 2. The zero-order chi connectivity index (χ0) is 22.0. The second-order valence-corrected chi connectivity index (χ2v) is 7.15. The summed E-state index contributed by atoms with van der Waals surface area (Å²) in [6.07, 6.45) is 0.195. The molecule has 2 aromatic carbocycles. The molecule has 1 aliphatic heterocycles. The van der Waals surface area contributed by atoms with Gasteiger partial charge >= 0.3 is 0 Å². The van der Waals surface area contributed by atoms with Crippen molar-refractivity contribution in [3.8, 4) is 0 Å². The van der Waals surface area contributed by atoms with Crippen LogP contribution in [0.3, 0.4) is 0 Å². The average Bonchev–Trinajstić information content (AvgIpc) is 3.36. The fourth-order valence-corrected chi connectivity index (χ4v) is 3.34. The van der Waals surface area contributed by atoms with Gasteiger partial charge in [0.1, 0.15) is 17.5 Å². The molecule has 1 N–H and O–H groups in total. The van der Waals surface area contributed by atoms with E-state index in [1.54, 1.807) is 17.0 Å². The lowest BCUT2D eigenvalue weighted by Gasteiger charge is -2.16. The summed E-state index contributed by atoms with van der Waals surface area (Å²) in [5, 5.41) is 6.26. The lowest BCUT2D eigenvalue weighted by Crippen LogP contribution is -2.24. The summed E-state index contributed by atoms with van der Waals surface area (Å²) in [4.78, 5) is 30.2. The molecule has 0 aliphatic carbocycles. The van der Waals surface area contributed by atoms with Crippen LogP contribution < -0.4 is 5.32 Å². The number of aromatic nitrogens is 2. The highest BCUT2D eigenvalue weighted by Gasteiger charge is 2.33. The second-order valence-electron chi connectivity index (χ2n) is 7.15. The van der Waals surface area contributed by atoms with Gasteiger partial charge in [0.25, 0.3) is 5.91 Å². The molecule has 1 unspecified atom stereocenters. The van der Waals surface area contributed by atoms with Gasteiger partial charge in [-0.3, -0.25) is 9.59 Å². The predicted octanol–water partition coefficient (Wildman–Crippen LogP) is 2.93. The smallest absolute Gasteiger partial charge is 0.254 e. The number of halogens is 3. The average molecular weight is 430 g/mol. The van der Waals surface area contributed by atoms with Crippen LogP contribution >= 0.6 is 0 Å². The molecule has 0 radical (unpaired) electrons. The quantitative estimate of drug-likeness (QED) is 0.650. The van der Waals surface area contributed by atoms with Crippen molar-refractivity contribution in [2.75, 3.05) is 6.54 Å². The van der Waals surface area contributed by atoms with Gasteiger partial charge in [0.2, 0.25) is 11.8 Å². The Kier molecular flexibility index (Phi) is 5.70. The standard InChI is InChI=1S/C21H17F3N4O3/c22-14-3-1-12(2-4-14)10-28-11-13(7-19(28)29)20-26-18(31-27-20)9-25-21(30)16-8-15(23)5-6-17(16)24/h1-6,8,13H,7,9-11H2,(H,25,30). The molecule has 0 bridgehead atoms. The third kappa shape index (κ3) is 4.73. The number of hydrogen-bond donors (Lipinski definition) is 1.